The number of primary amides is 1. The summed E-state index contributed by atoms with van der Waals surface area (Å²) in [6.07, 6.45) is 5.74. The van der Waals surface area contributed by atoms with Gasteiger partial charge in [-0.3, -0.25) is 14.5 Å². The molecule has 0 unspecified atom stereocenters. The number of morpholine rings is 1. The van der Waals surface area contributed by atoms with E-state index in [4.69, 9.17) is 10.5 Å². The van der Waals surface area contributed by atoms with Gasteiger partial charge in [-0.2, -0.15) is 0 Å². The Labute approximate surface area is 172 Å². The lowest BCUT2D eigenvalue weighted by atomic mass is 9.85. The summed E-state index contributed by atoms with van der Waals surface area (Å²) in [6, 6.07) is 3.25. The second kappa shape index (κ2) is 8.70. The highest BCUT2D eigenvalue weighted by Crippen LogP contribution is 2.28. The van der Waals surface area contributed by atoms with E-state index in [-0.39, 0.29) is 42.0 Å². The number of halogens is 1. The molecule has 2 aromatic rings. The number of carbonyl (C=O) groups excluding carboxylic acids is 2. The summed E-state index contributed by atoms with van der Waals surface area (Å²) < 4.78 is 19.7. The van der Waals surface area contributed by atoms with E-state index in [0.29, 0.717) is 31.0 Å². The maximum atomic E-state index is 14.5. The predicted molar refractivity (Wildman–Crippen MR) is 107 cm³/mol. The number of nitrogens with one attached hydrogen (secondary N) is 1. The van der Waals surface area contributed by atoms with E-state index in [2.05, 4.69) is 20.3 Å². The van der Waals surface area contributed by atoms with Gasteiger partial charge in [0.2, 0.25) is 11.9 Å². The molecule has 1 saturated heterocycles. The second-order valence-corrected chi connectivity index (χ2v) is 7.50. The van der Waals surface area contributed by atoms with Crippen LogP contribution in [0.2, 0.25) is 0 Å². The fourth-order valence-electron chi connectivity index (χ4n) is 3.87. The van der Waals surface area contributed by atoms with Crippen molar-refractivity contribution >= 4 is 23.6 Å². The highest BCUT2D eigenvalue weighted by Gasteiger charge is 2.26. The van der Waals surface area contributed by atoms with Crippen LogP contribution in [0.4, 0.5) is 16.2 Å². The van der Waals surface area contributed by atoms with Crippen molar-refractivity contribution in [3.05, 3.63) is 30.3 Å². The molecule has 4 rings (SSSR count). The summed E-state index contributed by atoms with van der Waals surface area (Å²) in [5.41, 5.74) is 6.04. The van der Waals surface area contributed by atoms with Crippen LogP contribution in [0.3, 0.4) is 0 Å². The average Bonchev–Trinajstić information content (AvgIpc) is 2.76. The van der Waals surface area contributed by atoms with Gasteiger partial charge in [0.1, 0.15) is 18.1 Å². The van der Waals surface area contributed by atoms with Gasteiger partial charge in [-0.25, -0.2) is 19.3 Å². The fourth-order valence-corrected chi connectivity index (χ4v) is 3.87. The minimum atomic E-state index is -0.579. The van der Waals surface area contributed by atoms with Crippen molar-refractivity contribution in [1.82, 2.24) is 15.0 Å². The first-order valence-corrected chi connectivity index (χ1v) is 9.94. The van der Waals surface area contributed by atoms with Gasteiger partial charge >= 0.3 is 0 Å². The van der Waals surface area contributed by atoms with Crippen molar-refractivity contribution < 1.29 is 18.7 Å². The van der Waals surface area contributed by atoms with Gasteiger partial charge < -0.3 is 15.8 Å². The lowest BCUT2D eigenvalue weighted by molar-refractivity contribution is -0.125. The SMILES string of the molecule is NC(=O)[C@H]1CCC[C@@H](Nc2ncc(F)c(-c3ccnc(N4CCOCC4=O)c3)n2)C1. The van der Waals surface area contributed by atoms with E-state index >= 15 is 0 Å². The van der Waals surface area contributed by atoms with Crippen molar-refractivity contribution in [1.29, 1.82) is 0 Å². The fraction of sp³-hybridized carbons (Fsp3) is 0.450. The molecule has 10 heteroatoms. The maximum absolute atomic E-state index is 14.5. The van der Waals surface area contributed by atoms with Gasteiger partial charge in [-0.05, 0) is 31.4 Å². The molecule has 3 heterocycles. The highest BCUT2D eigenvalue weighted by molar-refractivity contribution is 5.94. The molecule has 2 fully saturated rings. The zero-order chi connectivity index (χ0) is 21.1. The van der Waals surface area contributed by atoms with Gasteiger partial charge in [0, 0.05) is 23.7 Å². The summed E-state index contributed by atoms with van der Waals surface area (Å²) in [7, 11) is 0. The molecule has 158 valence electrons. The molecule has 1 aliphatic heterocycles. The zero-order valence-electron chi connectivity index (χ0n) is 16.4. The normalized spacial score (nSPS) is 22.0. The number of hydrogen-bond donors (Lipinski definition) is 2. The Hall–Kier alpha value is -3.14. The monoisotopic (exact) mass is 414 g/mol. The van der Waals surface area contributed by atoms with Crippen LogP contribution in [0.1, 0.15) is 25.7 Å². The largest absolute Gasteiger partial charge is 0.370 e. The van der Waals surface area contributed by atoms with E-state index in [1.807, 2.05) is 0 Å². The third-order valence-corrected chi connectivity index (χ3v) is 5.44. The number of nitrogens with zero attached hydrogens (tertiary/aromatic N) is 4. The number of aromatic nitrogens is 3. The molecule has 0 radical (unpaired) electrons. The maximum Gasteiger partial charge on any atom is 0.254 e. The molecule has 9 nitrogen and oxygen atoms in total. The summed E-state index contributed by atoms with van der Waals surface area (Å²) in [6.45, 7) is 0.799. The quantitative estimate of drug-likeness (QED) is 0.760. The third-order valence-electron chi connectivity index (χ3n) is 5.44. The van der Waals surface area contributed by atoms with Crippen molar-refractivity contribution in [3.63, 3.8) is 0 Å². The topological polar surface area (TPSA) is 123 Å². The number of hydrogen-bond acceptors (Lipinski definition) is 7. The van der Waals surface area contributed by atoms with E-state index < -0.39 is 5.82 Å². The first-order valence-electron chi connectivity index (χ1n) is 9.94. The molecular weight excluding hydrogens is 391 g/mol. The molecule has 2 amide bonds. The first kappa shape index (κ1) is 20.1. The predicted octanol–water partition coefficient (Wildman–Crippen LogP) is 1.50. The van der Waals surface area contributed by atoms with Gasteiger partial charge in [0.25, 0.3) is 5.91 Å². The number of ether oxygens (including phenoxy) is 1. The molecule has 0 spiro atoms. The molecule has 2 aromatic heterocycles. The van der Waals surface area contributed by atoms with Gasteiger partial charge in [-0.1, -0.05) is 6.42 Å². The molecule has 1 saturated carbocycles. The molecular formula is C20H23FN6O3. The van der Waals surface area contributed by atoms with Crippen LogP contribution in [0.25, 0.3) is 11.3 Å². The van der Waals surface area contributed by atoms with Crippen molar-refractivity contribution in [2.24, 2.45) is 11.7 Å². The lowest BCUT2D eigenvalue weighted by Gasteiger charge is -2.28. The van der Waals surface area contributed by atoms with Crippen molar-refractivity contribution in [2.45, 2.75) is 31.7 Å². The van der Waals surface area contributed by atoms with E-state index in [9.17, 15) is 14.0 Å². The molecule has 0 aromatic carbocycles. The summed E-state index contributed by atoms with van der Waals surface area (Å²) in [5, 5.41) is 3.19. The minimum absolute atomic E-state index is 0.00444. The van der Waals surface area contributed by atoms with E-state index in [1.54, 1.807) is 12.1 Å². The zero-order valence-corrected chi connectivity index (χ0v) is 16.4. The Morgan fingerprint density at radius 3 is 3.00 bits per heavy atom. The molecule has 30 heavy (non-hydrogen) atoms. The van der Waals surface area contributed by atoms with Crippen LogP contribution < -0.4 is 16.0 Å². The molecule has 1 aliphatic carbocycles. The Bertz CT molecular complexity index is 956. The standard InChI is InChI=1S/C20H23FN6O3/c21-15-10-24-20(25-14-3-1-2-13(8-14)19(22)29)26-18(15)12-4-5-23-16(9-12)27-6-7-30-11-17(27)28/h4-5,9-10,13-14H,1-3,6-8,11H2,(H2,22,29)(H,24,25,26)/t13-,14+/m0/s1. The van der Waals surface area contributed by atoms with E-state index in [1.165, 1.54) is 11.1 Å². The Kier molecular flexibility index (Phi) is 5.84. The third kappa shape index (κ3) is 4.38. The number of amides is 2. The van der Waals surface area contributed by atoms with Gasteiger partial charge in [-0.15, -0.1) is 0 Å². The molecule has 0 bridgehead atoms. The van der Waals surface area contributed by atoms with Crippen LogP contribution in [0.5, 0.6) is 0 Å². The highest BCUT2D eigenvalue weighted by atomic mass is 19.1. The number of nitrogens with two attached hydrogens (primary N) is 1. The van der Waals surface area contributed by atoms with Gasteiger partial charge in [0.15, 0.2) is 5.82 Å². The lowest BCUT2D eigenvalue weighted by Crippen LogP contribution is -2.42. The smallest absolute Gasteiger partial charge is 0.254 e. The number of pyridine rings is 1. The average molecular weight is 414 g/mol. The van der Waals surface area contributed by atoms with Crippen molar-refractivity contribution in [2.75, 3.05) is 30.0 Å². The van der Waals surface area contributed by atoms with Crippen LogP contribution in [0, 0.1) is 11.7 Å². The Morgan fingerprint density at radius 1 is 1.33 bits per heavy atom. The number of rotatable bonds is 5. The number of carbonyl (C=O) groups is 2. The first-order chi connectivity index (χ1) is 14.5. The van der Waals surface area contributed by atoms with Crippen LogP contribution in [-0.2, 0) is 14.3 Å². The van der Waals surface area contributed by atoms with Gasteiger partial charge in [0.05, 0.1) is 19.3 Å². The van der Waals surface area contributed by atoms with Crippen LogP contribution >= 0.6 is 0 Å². The Balaban J connectivity index is 1.56. The molecule has 2 atom stereocenters. The second-order valence-electron chi connectivity index (χ2n) is 7.50. The Morgan fingerprint density at radius 2 is 2.20 bits per heavy atom. The van der Waals surface area contributed by atoms with Crippen molar-refractivity contribution in [3.8, 4) is 11.3 Å². The van der Waals surface area contributed by atoms with Crippen LogP contribution in [-0.4, -0.2) is 52.6 Å². The van der Waals surface area contributed by atoms with E-state index in [0.717, 1.165) is 25.5 Å². The molecule has 2 aliphatic rings. The number of anilines is 2. The summed E-state index contributed by atoms with van der Waals surface area (Å²) in [4.78, 5) is 37.7. The summed E-state index contributed by atoms with van der Waals surface area (Å²) in [5.74, 6) is -0.552. The minimum Gasteiger partial charge on any atom is -0.370 e. The summed E-state index contributed by atoms with van der Waals surface area (Å²) >= 11 is 0. The van der Waals surface area contributed by atoms with Crippen LogP contribution in [0.15, 0.2) is 24.5 Å². The molecule has 3 N–H and O–H groups in total.